The Labute approximate surface area is 175 Å². The molecule has 1 aliphatic heterocycles. The molecule has 3 aromatic rings. The van der Waals surface area contributed by atoms with Gasteiger partial charge in [0.15, 0.2) is 5.13 Å². The highest BCUT2D eigenvalue weighted by atomic mass is 79.9. The molecule has 0 saturated carbocycles. The van der Waals surface area contributed by atoms with Crippen LogP contribution < -0.4 is 14.4 Å². The number of thiazole rings is 1. The maximum atomic E-state index is 12.7. The number of halogens is 1. The van der Waals surface area contributed by atoms with Crippen molar-refractivity contribution in [1.29, 1.82) is 0 Å². The minimum absolute atomic E-state index is 0.0635. The highest BCUT2D eigenvalue weighted by molar-refractivity contribution is 9.10. The zero-order valence-electron chi connectivity index (χ0n) is 15.6. The Morgan fingerprint density at radius 1 is 1.07 bits per heavy atom. The van der Waals surface area contributed by atoms with Crippen molar-refractivity contribution >= 4 is 48.5 Å². The van der Waals surface area contributed by atoms with Crippen LogP contribution in [0.4, 0.5) is 5.13 Å². The largest absolute Gasteiger partial charge is 0.495 e. The van der Waals surface area contributed by atoms with E-state index >= 15 is 0 Å². The van der Waals surface area contributed by atoms with Gasteiger partial charge in [-0.15, -0.1) is 0 Å². The molecule has 8 heteroatoms. The molecule has 28 heavy (non-hydrogen) atoms. The fourth-order valence-electron chi connectivity index (χ4n) is 3.31. The third-order valence-electron chi connectivity index (χ3n) is 4.81. The fraction of sp³-hybridized carbons (Fsp3) is 0.300. The molecule has 1 aliphatic rings. The molecule has 2 heterocycles. The number of rotatable bonds is 4. The second-order valence-corrected chi connectivity index (χ2v) is 8.33. The van der Waals surface area contributed by atoms with Crippen molar-refractivity contribution in [3.05, 3.63) is 46.4 Å². The second kappa shape index (κ2) is 7.97. The lowest BCUT2D eigenvalue weighted by molar-refractivity contribution is 0.0746. The summed E-state index contributed by atoms with van der Waals surface area (Å²) in [6.07, 6.45) is 0. The van der Waals surface area contributed by atoms with Crippen LogP contribution in [0.1, 0.15) is 10.4 Å². The average Bonchev–Trinajstić information content (AvgIpc) is 3.18. The van der Waals surface area contributed by atoms with Gasteiger partial charge in [-0.25, -0.2) is 4.98 Å². The van der Waals surface area contributed by atoms with Crippen LogP contribution in [-0.2, 0) is 0 Å². The molecule has 0 N–H and O–H groups in total. The SMILES string of the molecule is COc1ccc(OC)c2sc(N3CCN(C(=O)c4cccc(Br)c4)CC3)nc12. The Bertz CT molecular complexity index is 974. The number of aromatic nitrogens is 1. The van der Waals surface area contributed by atoms with Gasteiger partial charge in [0.25, 0.3) is 5.91 Å². The number of amides is 1. The zero-order chi connectivity index (χ0) is 19.7. The van der Waals surface area contributed by atoms with Gasteiger partial charge in [-0.05, 0) is 30.3 Å². The lowest BCUT2D eigenvalue weighted by atomic mass is 10.2. The summed E-state index contributed by atoms with van der Waals surface area (Å²) in [6, 6.07) is 11.3. The van der Waals surface area contributed by atoms with Crippen LogP contribution in [0, 0.1) is 0 Å². The monoisotopic (exact) mass is 461 g/mol. The number of piperazine rings is 1. The maximum absolute atomic E-state index is 12.7. The molecule has 4 rings (SSSR count). The van der Waals surface area contributed by atoms with Crippen LogP contribution in [-0.4, -0.2) is 56.2 Å². The maximum Gasteiger partial charge on any atom is 0.254 e. The standard InChI is InChI=1S/C20H20BrN3O3S/c1-26-15-6-7-16(27-2)18-17(15)22-20(28-18)24-10-8-23(9-11-24)19(25)13-4-3-5-14(21)12-13/h3-7,12H,8-11H2,1-2H3. The van der Waals surface area contributed by atoms with Crippen LogP contribution in [0.2, 0.25) is 0 Å². The molecular formula is C20H20BrN3O3S. The van der Waals surface area contributed by atoms with Crippen LogP contribution in [0.3, 0.4) is 0 Å². The van der Waals surface area contributed by atoms with Crippen molar-refractivity contribution in [2.45, 2.75) is 0 Å². The minimum Gasteiger partial charge on any atom is -0.495 e. The number of methoxy groups -OCH3 is 2. The molecule has 0 spiro atoms. The first-order valence-electron chi connectivity index (χ1n) is 8.92. The number of hydrogen-bond donors (Lipinski definition) is 0. The van der Waals surface area contributed by atoms with Crippen molar-refractivity contribution in [2.75, 3.05) is 45.3 Å². The molecular weight excluding hydrogens is 442 g/mol. The quantitative estimate of drug-likeness (QED) is 0.586. The first-order chi connectivity index (χ1) is 13.6. The summed E-state index contributed by atoms with van der Waals surface area (Å²) < 4.78 is 12.8. The van der Waals surface area contributed by atoms with Gasteiger partial charge >= 0.3 is 0 Å². The third-order valence-corrected chi connectivity index (χ3v) is 6.43. The van der Waals surface area contributed by atoms with E-state index < -0.39 is 0 Å². The summed E-state index contributed by atoms with van der Waals surface area (Å²) in [7, 11) is 3.31. The topological polar surface area (TPSA) is 54.9 Å². The normalized spacial score (nSPS) is 14.4. The fourth-order valence-corrected chi connectivity index (χ4v) is 4.84. The number of carbonyl (C=O) groups excluding carboxylic acids is 1. The van der Waals surface area contributed by atoms with Gasteiger partial charge in [-0.3, -0.25) is 4.79 Å². The molecule has 1 saturated heterocycles. The molecule has 0 aliphatic carbocycles. The van der Waals surface area contributed by atoms with E-state index in [0.717, 1.165) is 44.4 Å². The molecule has 1 fully saturated rings. The van der Waals surface area contributed by atoms with Crippen molar-refractivity contribution in [3.8, 4) is 11.5 Å². The van der Waals surface area contributed by atoms with Gasteiger partial charge in [-0.2, -0.15) is 0 Å². The van der Waals surface area contributed by atoms with Crippen LogP contribution in [0.25, 0.3) is 10.2 Å². The van der Waals surface area contributed by atoms with Gasteiger partial charge in [0.2, 0.25) is 0 Å². The highest BCUT2D eigenvalue weighted by Gasteiger charge is 2.25. The smallest absolute Gasteiger partial charge is 0.254 e. The molecule has 0 unspecified atom stereocenters. The molecule has 0 bridgehead atoms. The van der Waals surface area contributed by atoms with Crippen LogP contribution in [0.5, 0.6) is 11.5 Å². The van der Waals surface area contributed by atoms with Gasteiger partial charge < -0.3 is 19.3 Å². The first kappa shape index (κ1) is 19.0. The van der Waals surface area contributed by atoms with Crippen LogP contribution >= 0.6 is 27.3 Å². The Morgan fingerprint density at radius 3 is 2.46 bits per heavy atom. The van der Waals surface area contributed by atoms with Crippen LogP contribution in [0.15, 0.2) is 40.9 Å². The molecule has 1 aromatic heterocycles. The number of ether oxygens (including phenoxy) is 2. The van der Waals surface area contributed by atoms with Crippen molar-refractivity contribution in [2.24, 2.45) is 0 Å². The summed E-state index contributed by atoms with van der Waals surface area (Å²) in [5.41, 5.74) is 1.52. The van der Waals surface area contributed by atoms with Crippen molar-refractivity contribution < 1.29 is 14.3 Å². The summed E-state index contributed by atoms with van der Waals surface area (Å²) in [6.45, 7) is 2.81. The summed E-state index contributed by atoms with van der Waals surface area (Å²) in [4.78, 5) is 21.6. The Hall–Kier alpha value is -2.32. The number of fused-ring (bicyclic) bond motifs is 1. The van der Waals surface area contributed by atoms with E-state index in [2.05, 4.69) is 20.8 Å². The number of nitrogens with zero attached hydrogens (tertiary/aromatic N) is 3. The summed E-state index contributed by atoms with van der Waals surface area (Å²) >= 11 is 5.02. The van der Waals surface area contributed by atoms with Gasteiger partial charge in [-0.1, -0.05) is 33.3 Å². The molecule has 2 aromatic carbocycles. The molecule has 6 nitrogen and oxygen atoms in total. The molecule has 1 amide bonds. The number of hydrogen-bond acceptors (Lipinski definition) is 6. The second-order valence-electron chi connectivity index (χ2n) is 6.43. The summed E-state index contributed by atoms with van der Waals surface area (Å²) in [5.74, 6) is 1.60. The van der Waals surface area contributed by atoms with Gasteiger partial charge in [0.05, 0.1) is 14.2 Å². The first-order valence-corrected chi connectivity index (χ1v) is 10.5. The zero-order valence-corrected chi connectivity index (χ0v) is 18.0. The van der Waals surface area contributed by atoms with E-state index in [-0.39, 0.29) is 5.91 Å². The Kier molecular flexibility index (Phi) is 5.41. The van der Waals surface area contributed by atoms with E-state index in [4.69, 9.17) is 14.5 Å². The molecule has 146 valence electrons. The summed E-state index contributed by atoms with van der Waals surface area (Å²) in [5, 5.41) is 0.923. The third kappa shape index (κ3) is 3.54. The van der Waals surface area contributed by atoms with E-state index in [9.17, 15) is 4.79 Å². The van der Waals surface area contributed by atoms with E-state index in [1.165, 1.54) is 0 Å². The Balaban J connectivity index is 1.51. The molecule has 0 radical (unpaired) electrons. The minimum atomic E-state index is 0.0635. The predicted molar refractivity (Wildman–Crippen MR) is 115 cm³/mol. The molecule has 0 atom stereocenters. The highest BCUT2D eigenvalue weighted by Crippen LogP contribution is 2.40. The van der Waals surface area contributed by atoms with Gasteiger partial charge in [0.1, 0.15) is 21.7 Å². The predicted octanol–water partition coefficient (Wildman–Crippen LogP) is 4.04. The van der Waals surface area contributed by atoms with E-state index in [1.54, 1.807) is 25.6 Å². The lowest BCUT2D eigenvalue weighted by Crippen LogP contribution is -2.48. The number of benzene rings is 2. The Morgan fingerprint density at radius 2 is 1.79 bits per heavy atom. The van der Waals surface area contributed by atoms with Gasteiger partial charge in [0, 0.05) is 36.2 Å². The van der Waals surface area contributed by atoms with E-state index in [1.807, 2.05) is 41.3 Å². The van der Waals surface area contributed by atoms with Crippen molar-refractivity contribution in [1.82, 2.24) is 9.88 Å². The average molecular weight is 462 g/mol. The van der Waals surface area contributed by atoms with E-state index in [0.29, 0.717) is 18.7 Å². The lowest BCUT2D eigenvalue weighted by Gasteiger charge is -2.34. The number of carbonyl (C=O) groups is 1. The van der Waals surface area contributed by atoms with Crippen molar-refractivity contribution in [3.63, 3.8) is 0 Å². The number of anilines is 1.